The van der Waals surface area contributed by atoms with Gasteiger partial charge in [0.05, 0.1) is 25.9 Å². The number of methoxy groups -OCH3 is 1. The topological polar surface area (TPSA) is 42.2 Å². The Morgan fingerprint density at radius 1 is 1.30 bits per heavy atom. The number of hydrogen-bond acceptors (Lipinski definition) is 3. The third kappa shape index (κ3) is 3.61. The number of benzene rings is 1. The van der Waals surface area contributed by atoms with Crippen LogP contribution >= 0.6 is 0 Å². The van der Waals surface area contributed by atoms with E-state index in [0.717, 1.165) is 25.0 Å². The molecule has 0 aromatic heterocycles. The normalized spacial score (nSPS) is 21.4. The summed E-state index contributed by atoms with van der Waals surface area (Å²) in [5.41, 5.74) is 1.57. The third-order valence-corrected chi connectivity index (χ3v) is 3.90. The van der Waals surface area contributed by atoms with Crippen LogP contribution < -0.4 is 4.74 Å². The quantitative estimate of drug-likeness (QED) is 0.767. The van der Waals surface area contributed by atoms with Gasteiger partial charge in [-0.3, -0.25) is 0 Å². The molecule has 1 aliphatic rings. The number of ether oxygens (including phenoxy) is 2. The zero-order valence-corrected chi connectivity index (χ0v) is 12.1. The second kappa shape index (κ2) is 7.12. The summed E-state index contributed by atoms with van der Waals surface area (Å²) in [6.45, 7) is 3.60. The lowest BCUT2D eigenvalue weighted by Crippen LogP contribution is -2.19. The van der Waals surface area contributed by atoms with Gasteiger partial charge in [-0.15, -0.1) is 0 Å². The van der Waals surface area contributed by atoms with Crippen molar-refractivity contribution in [2.45, 2.75) is 26.4 Å². The van der Waals surface area contributed by atoms with Crippen LogP contribution in [0.25, 0.3) is 0 Å². The molecule has 1 aliphatic carbocycles. The molecule has 0 saturated heterocycles. The molecule has 1 aromatic rings. The Bertz CT molecular complexity index is 516. The van der Waals surface area contributed by atoms with Crippen molar-refractivity contribution in [2.75, 3.05) is 13.7 Å². The smallest absolute Gasteiger partial charge is 0.136 e. The van der Waals surface area contributed by atoms with Gasteiger partial charge in [0.15, 0.2) is 0 Å². The molecule has 2 atom stereocenters. The van der Waals surface area contributed by atoms with E-state index in [1.165, 1.54) is 0 Å². The first-order chi connectivity index (χ1) is 9.74. The van der Waals surface area contributed by atoms with Crippen molar-refractivity contribution in [1.29, 1.82) is 5.26 Å². The predicted molar refractivity (Wildman–Crippen MR) is 78.4 cm³/mol. The minimum Gasteiger partial charge on any atom is -0.495 e. The molecular formula is C17H21NO2. The molecule has 2 rings (SSSR count). The lowest BCUT2D eigenvalue weighted by Gasteiger charge is -2.24. The number of rotatable bonds is 5. The Labute approximate surface area is 120 Å². The lowest BCUT2D eigenvalue weighted by atomic mass is 9.85. The van der Waals surface area contributed by atoms with Crippen LogP contribution in [0, 0.1) is 23.2 Å². The lowest BCUT2D eigenvalue weighted by molar-refractivity contribution is 0.0680. The molecule has 0 spiro atoms. The van der Waals surface area contributed by atoms with Gasteiger partial charge >= 0.3 is 0 Å². The van der Waals surface area contributed by atoms with E-state index in [9.17, 15) is 0 Å². The molecule has 0 saturated carbocycles. The molecular weight excluding hydrogens is 250 g/mol. The molecule has 0 radical (unpaired) electrons. The Kier molecular flexibility index (Phi) is 5.20. The highest BCUT2D eigenvalue weighted by Gasteiger charge is 2.18. The number of nitriles is 1. The minimum atomic E-state index is 0.547. The van der Waals surface area contributed by atoms with E-state index in [4.69, 9.17) is 14.7 Å². The standard InChI is InChI=1S/C17H21NO2/c1-13-5-3-4-6-15(13)12-20-11-14-7-8-17(19-2)16(9-14)10-18/h3-4,7-9,13,15H,5-6,11-12H2,1-2H3. The second-order valence-electron chi connectivity index (χ2n) is 5.34. The van der Waals surface area contributed by atoms with Crippen LogP contribution in [-0.2, 0) is 11.3 Å². The maximum absolute atomic E-state index is 9.06. The molecule has 1 aromatic carbocycles. The molecule has 2 unspecified atom stereocenters. The fourth-order valence-corrected chi connectivity index (χ4v) is 2.50. The van der Waals surface area contributed by atoms with Crippen molar-refractivity contribution in [3.63, 3.8) is 0 Å². The first kappa shape index (κ1) is 14.6. The van der Waals surface area contributed by atoms with Crippen molar-refractivity contribution >= 4 is 0 Å². The van der Waals surface area contributed by atoms with Crippen LogP contribution in [0.15, 0.2) is 30.4 Å². The summed E-state index contributed by atoms with van der Waals surface area (Å²) in [5, 5.41) is 9.06. The van der Waals surface area contributed by atoms with Crippen LogP contribution in [0.5, 0.6) is 5.75 Å². The maximum atomic E-state index is 9.06. The highest BCUT2D eigenvalue weighted by Crippen LogP contribution is 2.25. The molecule has 0 bridgehead atoms. The van der Waals surface area contributed by atoms with Crippen LogP contribution in [0.2, 0.25) is 0 Å². The van der Waals surface area contributed by atoms with E-state index >= 15 is 0 Å². The van der Waals surface area contributed by atoms with E-state index in [0.29, 0.717) is 29.8 Å². The summed E-state index contributed by atoms with van der Waals surface area (Å²) in [6.07, 6.45) is 6.75. The summed E-state index contributed by atoms with van der Waals surface area (Å²) < 4.78 is 11.0. The van der Waals surface area contributed by atoms with Gasteiger partial charge in [0, 0.05) is 0 Å². The number of hydrogen-bond donors (Lipinski definition) is 0. The molecule has 0 aliphatic heterocycles. The Morgan fingerprint density at radius 2 is 2.10 bits per heavy atom. The van der Waals surface area contributed by atoms with Crippen molar-refractivity contribution in [3.8, 4) is 11.8 Å². The summed E-state index contributed by atoms with van der Waals surface area (Å²) in [5.74, 6) is 1.90. The molecule has 3 heteroatoms. The highest BCUT2D eigenvalue weighted by atomic mass is 16.5. The van der Waals surface area contributed by atoms with Crippen LogP contribution in [0.3, 0.4) is 0 Å². The highest BCUT2D eigenvalue weighted by molar-refractivity contribution is 5.45. The second-order valence-corrected chi connectivity index (χ2v) is 5.34. The molecule has 20 heavy (non-hydrogen) atoms. The van der Waals surface area contributed by atoms with Crippen LogP contribution in [0.4, 0.5) is 0 Å². The van der Waals surface area contributed by atoms with Gasteiger partial charge in [-0.1, -0.05) is 25.1 Å². The monoisotopic (exact) mass is 271 g/mol. The molecule has 0 fully saturated rings. The van der Waals surface area contributed by atoms with Gasteiger partial charge in [-0.05, 0) is 42.4 Å². The fourth-order valence-electron chi connectivity index (χ4n) is 2.50. The number of nitrogens with zero attached hydrogens (tertiary/aromatic N) is 1. The predicted octanol–water partition coefficient (Wildman–Crippen LogP) is 3.69. The average Bonchev–Trinajstić information content (AvgIpc) is 2.49. The van der Waals surface area contributed by atoms with Gasteiger partial charge in [0.2, 0.25) is 0 Å². The Morgan fingerprint density at radius 3 is 2.80 bits per heavy atom. The largest absolute Gasteiger partial charge is 0.495 e. The van der Waals surface area contributed by atoms with Crippen LogP contribution in [0.1, 0.15) is 30.9 Å². The third-order valence-electron chi connectivity index (χ3n) is 3.90. The zero-order chi connectivity index (χ0) is 14.4. The van der Waals surface area contributed by atoms with Gasteiger partial charge in [0.1, 0.15) is 11.8 Å². The molecule has 0 N–H and O–H groups in total. The summed E-state index contributed by atoms with van der Waals surface area (Å²) >= 11 is 0. The molecule has 0 amide bonds. The van der Waals surface area contributed by atoms with Crippen molar-refractivity contribution in [1.82, 2.24) is 0 Å². The van der Waals surface area contributed by atoms with E-state index < -0.39 is 0 Å². The zero-order valence-electron chi connectivity index (χ0n) is 12.1. The van der Waals surface area contributed by atoms with E-state index in [2.05, 4.69) is 25.1 Å². The SMILES string of the molecule is COc1ccc(COCC2CC=CCC2C)cc1C#N. The first-order valence-electron chi connectivity index (χ1n) is 7.04. The van der Waals surface area contributed by atoms with Crippen molar-refractivity contribution < 1.29 is 9.47 Å². The summed E-state index contributed by atoms with van der Waals surface area (Å²) in [4.78, 5) is 0. The van der Waals surface area contributed by atoms with Gasteiger partial charge in [0.25, 0.3) is 0 Å². The first-order valence-corrected chi connectivity index (χ1v) is 7.04. The fraction of sp³-hybridized carbons (Fsp3) is 0.471. The van der Waals surface area contributed by atoms with Crippen LogP contribution in [-0.4, -0.2) is 13.7 Å². The van der Waals surface area contributed by atoms with Gasteiger partial charge in [-0.2, -0.15) is 5.26 Å². The van der Waals surface area contributed by atoms with Gasteiger partial charge in [-0.25, -0.2) is 0 Å². The summed E-state index contributed by atoms with van der Waals surface area (Å²) in [7, 11) is 1.57. The Hall–Kier alpha value is -1.79. The maximum Gasteiger partial charge on any atom is 0.136 e. The van der Waals surface area contributed by atoms with Crippen molar-refractivity contribution in [2.24, 2.45) is 11.8 Å². The average molecular weight is 271 g/mol. The molecule has 0 heterocycles. The van der Waals surface area contributed by atoms with Gasteiger partial charge < -0.3 is 9.47 Å². The summed E-state index contributed by atoms with van der Waals surface area (Å²) in [6, 6.07) is 7.75. The van der Waals surface area contributed by atoms with E-state index in [1.54, 1.807) is 7.11 Å². The van der Waals surface area contributed by atoms with Crippen molar-refractivity contribution in [3.05, 3.63) is 41.5 Å². The molecule has 106 valence electrons. The van der Waals surface area contributed by atoms with E-state index in [-0.39, 0.29) is 0 Å². The number of allylic oxidation sites excluding steroid dienone is 2. The molecule has 3 nitrogen and oxygen atoms in total. The minimum absolute atomic E-state index is 0.547. The Balaban J connectivity index is 1.88. The van der Waals surface area contributed by atoms with E-state index in [1.807, 2.05) is 18.2 Å².